The number of halogens is 3. The zero-order valence-electron chi connectivity index (χ0n) is 15.7. The molecule has 10 heteroatoms. The number of aromatic nitrogens is 3. The van der Waals surface area contributed by atoms with Gasteiger partial charge in [-0.3, -0.25) is 4.79 Å². The van der Waals surface area contributed by atoms with E-state index in [0.717, 1.165) is 12.8 Å². The normalized spacial score (nSPS) is 24.1. The van der Waals surface area contributed by atoms with Gasteiger partial charge in [-0.25, -0.2) is 17.9 Å². The second-order valence-electron chi connectivity index (χ2n) is 7.38. The Morgan fingerprint density at radius 1 is 1.34 bits per heavy atom. The Morgan fingerprint density at radius 2 is 2.17 bits per heavy atom. The molecule has 1 saturated heterocycles. The standard InChI is InChI=1S/C19H22F3N5O2/c20-13-5-1-2-6-16(13)29-10-17(28)26-7-3-4-12(9-26)14-8-15(18(21)22)27-19(25-14)23-11-24-27/h1-2,5-6,11-12,14-15,18H,3-4,7-10H2,(H,23,24,25)/t12?,14-,15+/m0/s1. The number of carbonyl (C=O) groups is 1. The second-order valence-corrected chi connectivity index (χ2v) is 7.38. The maximum absolute atomic E-state index is 13.7. The summed E-state index contributed by atoms with van der Waals surface area (Å²) in [5.74, 6) is -0.402. The smallest absolute Gasteiger partial charge is 0.260 e. The molecule has 1 fully saturated rings. The van der Waals surface area contributed by atoms with E-state index < -0.39 is 18.3 Å². The topological polar surface area (TPSA) is 72.3 Å². The number of carbonyl (C=O) groups excluding carboxylic acids is 1. The number of alkyl halides is 2. The third-order valence-electron chi connectivity index (χ3n) is 5.56. The summed E-state index contributed by atoms with van der Waals surface area (Å²) in [7, 11) is 0. The van der Waals surface area contributed by atoms with Crippen LogP contribution >= 0.6 is 0 Å². The van der Waals surface area contributed by atoms with Crippen LogP contribution in [0, 0.1) is 11.7 Å². The van der Waals surface area contributed by atoms with E-state index in [0.29, 0.717) is 19.0 Å². The number of rotatable bonds is 5. The first-order chi connectivity index (χ1) is 14.0. The molecule has 1 aromatic heterocycles. The van der Waals surface area contributed by atoms with Gasteiger partial charge in [0.15, 0.2) is 18.2 Å². The Hall–Kier alpha value is -2.78. The third-order valence-corrected chi connectivity index (χ3v) is 5.56. The molecule has 2 aliphatic heterocycles. The van der Waals surface area contributed by atoms with E-state index in [1.165, 1.54) is 23.1 Å². The molecule has 1 amide bonds. The molecule has 4 rings (SSSR count). The van der Waals surface area contributed by atoms with E-state index >= 15 is 0 Å². The summed E-state index contributed by atoms with van der Waals surface area (Å²) < 4.78 is 47.2. The molecule has 3 heterocycles. The van der Waals surface area contributed by atoms with Gasteiger partial charge in [-0.1, -0.05) is 12.1 Å². The lowest BCUT2D eigenvalue weighted by Crippen LogP contribution is -2.49. The van der Waals surface area contributed by atoms with Crippen molar-refractivity contribution in [2.75, 3.05) is 25.0 Å². The van der Waals surface area contributed by atoms with Gasteiger partial charge in [0.1, 0.15) is 12.4 Å². The van der Waals surface area contributed by atoms with Crippen LogP contribution < -0.4 is 10.1 Å². The minimum absolute atomic E-state index is 0.00728. The van der Waals surface area contributed by atoms with Gasteiger partial charge < -0.3 is 15.0 Å². The quantitative estimate of drug-likeness (QED) is 0.822. The first-order valence-corrected chi connectivity index (χ1v) is 9.62. The molecule has 0 spiro atoms. The molecule has 0 saturated carbocycles. The Labute approximate surface area is 165 Å². The molecule has 3 atom stereocenters. The average Bonchev–Trinajstić information content (AvgIpc) is 3.21. The number of nitrogens with one attached hydrogen (secondary N) is 1. The molecule has 29 heavy (non-hydrogen) atoms. The van der Waals surface area contributed by atoms with Crippen molar-refractivity contribution in [3.05, 3.63) is 36.4 Å². The van der Waals surface area contributed by atoms with Gasteiger partial charge in [-0.05, 0) is 37.3 Å². The predicted molar refractivity (Wildman–Crippen MR) is 98.3 cm³/mol. The third kappa shape index (κ3) is 4.15. The van der Waals surface area contributed by atoms with E-state index in [4.69, 9.17) is 4.74 Å². The van der Waals surface area contributed by atoms with Gasteiger partial charge in [0.05, 0.1) is 0 Å². The van der Waals surface area contributed by atoms with Crippen LogP contribution in [0.5, 0.6) is 5.75 Å². The number of likely N-dealkylation sites (tertiary alicyclic amines) is 1. The van der Waals surface area contributed by atoms with Crippen LogP contribution in [0.15, 0.2) is 30.6 Å². The second kappa shape index (κ2) is 8.30. The fraction of sp³-hybridized carbons (Fsp3) is 0.526. The van der Waals surface area contributed by atoms with Crippen LogP contribution in [0.25, 0.3) is 0 Å². The van der Waals surface area contributed by atoms with E-state index in [1.807, 2.05) is 0 Å². The molecule has 1 N–H and O–H groups in total. The highest BCUT2D eigenvalue weighted by Crippen LogP contribution is 2.35. The highest BCUT2D eigenvalue weighted by Gasteiger charge is 2.39. The van der Waals surface area contributed by atoms with Crippen molar-refractivity contribution in [2.24, 2.45) is 5.92 Å². The highest BCUT2D eigenvalue weighted by molar-refractivity contribution is 5.77. The average molecular weight is 409 g/mol. The highest BCUT2D eigenvalue weighted by atomic mass is 19.3. The lowest BCUT2D eigenvalue weighted by molar-refractivity contribution is -0.135. The zero-order chi connectivity index (χ0) is 20.4. The molecule has 7 nitrogen and oxygen atoms in total. The summed E-state index contributed by atoms with van der Waals surface area (Å²) in [6.45, 7) is 0.734. The number of nitrogens with zero attached hydrogens (tertiary/aromatic N) is 4. The lowest BCUT2D eigenvalue weighted by atomic mass is 9.86. The fourth-order valence-corrected chi connectivity index (χ4v) is 4.06. The molecule has 1 unspecified atom stereocenters. The largest absolute Gasteiger partial charge is 0.481 e. The molecule has 156 valence electrons. The van der Waals surface area contributed by atoms with Gasteiger partial charge >= 0.3 is 0 Å². The first kappa shape index (κ1) is 19.5. The first-order valence-electron chi connectivity index (χ1n) is 9.62. The number of ether oxygens (including phenoxy) is 1. The van der Waals surface area contributed by atoms with Crippen LogP contribution in [0.4, 0.5) is 19.1 Å². The summed E-state index contributed by atoms with van der Waals surface area (Å²) in [6, 6.07) is 4.65. The molecule has 0 aliphatic carbocycles. The molecule has 2 aromatic rings. The monoisotopic (exact) mass is 409 g/mol. The minimum atomic E-state index is -2.55. The number of hydrogen-bond acceptors (Lipinski definition) is 5. The van der Waals surface area contributed by atoms with Gasteiger partial charge in [0.25, 0.3) is 12.3 Å². The molecular weight excluding hydrogens is 387 g/mol. The number of amides is 1. The van der Waals surface area contributed by atoms with E-state index in [9.17, 15) is 18.0 Å². The maximum Gasteiger partial charge on any atom is 0.260 e. The van der Waals surface area contributed by atoms with Crippen molar-refractivity contribution in [2.45, 2.75) is 37.8 Å². The molecular formula is C19H22F3N5O2. The van der Waals surface area contributed by atoms with Crippen LogP contribution in [0.2, 0.25) is 0 Å². The van der Waals surface area contributed by atoms with Crippen LogP contribution in [0.3, 0.4) is 0 Å². The van der Waals surface area contributed by atoms with Crippen molar-refractivity contribution in [3.63, 3.8) is 0 Å². The Balaban J connectivity index is 1.38. The SMILES string of the molecule is O=C(COc1ccccc1F)N1CCCC([C@@H]2C[C@H](C(F)F)n3ncnc3N2)C1. The van der Waals surface area contributed by atoms with Crippen molar-refractivity contribution in [3.8, 4) is 5.75 Å². The minimum Gasteiger partial charge on any atom is -0.481 e. The Kier molecular flexibility index (Phi) is 5.59. The summed E-state index contributed by atoms with van der Waals surface area (Å²) in [6.07, 6.45) is 0.513. The van der Waals surface area contributed by atoms with Gasteiger partial charge in [-0.15, -0.1) is 0 Å². The van der Waals surface area contributed by atoms with Crippen molar-refractivity contribution < 1.29 is 22.7 Å². The van der Waals surface area contributed by atoms with Crippen LogP contribution in [-0.4, -0.2) is 57.7 Å². The Bertz CT molecular complexity index is 862. The van der Waals surface area contributed by atoms with Crippen molar-refractivity contribution >= 4 is 11.9 Å². The molecule has 0 bridgehead atoms. The summed E-state index contributed by atoms with van der Waals surface area (Å²) >= 11 is 0. The Morgan fingerprint density at radius 3 is 2.97 bits per heavy atom. The van der Waals surface area contributed by atoms with E-state index in [1.54, 1.807) is 17.0 Å². The van der Waals surface area contributed by atoms with Crippen molar-refractivity contribution in [1.82, 2.24) is 19.7 Å². The number of hydrogen-bond donors (Lipinski definition) is 1. The van der Waals surface area contributed by atoms with Crippen LogP contribution in [-0.2, 0) is 4.79 Å². The number of fused-ring (bicyclic) bond motifs is 1. The van der Waals surface area contributed by atoms with Gasteiger partial charge in [-0.2, -0.15) is 10.1 Å². The van der Waals surface area contributed by atoms with E-state index in [-0.39, 0.29) is 36.6 Å². The fourth-order valence-electron chi connectivity index (χ4n) is 4.06. The number of para-hydroxylation sites is 1. The van der Waals surface area contributed by atoms with Gasteiger partial charge in [0.2, 0.25) is 5.95 Å². The lowest BCUT2D eigenvalue weighted by Gasteiger charge is -2.40. The molecule has 2 aliphatic rings. The molecule has 1 aromatic carbocycles. The summed E-state index contributed by atoms with van der Waals surface area (Å²) in [5.41, 5.74) is 0. The number of benzene rings is 1. The molecule has 0 radical (unpaired) electrons. The van der Waals surface area contributed by atoms with Crippen LogP contribution in [0.1, 0.15) is 25.3 Å². The summed E-state index contributed by atoms with van der Waals surface area (Å²) in [5, 5.41) is 7.09. The van der Waals surface area contributed by atoms with Gasteiger partial charge in [0, 0.05) is 19.1 Å². The zero-order valence-corrected chi connectivity index (χ0v) is 15.7. The number of piperidine rings is 1. The number of anilines is 1. The van der Waals surface area contributed by atoms with Crippen molar-refractivity contribution in [1.29, 1.82) is 0 Å². The predicted octanol–water partition coefficient (Wildman–Crippen LogP) is 2.73. The van der Waals surface area contributed by atoms with E-state index in [2.05, 4.69) is 15.4 Å². The summed E-state index contributed by atoms with van der Waals surface area (Å²) in [4.78, 5) is 18.2. The maximum atomic E-state index is 13.7.